The first kappa shape index (κ1) is 16.4. The molecule has 1 aromatic rings. The van der Waals surface area contributed by atoms with Crippen molar-refractivity contribution in [1.29, 1.82) is 0 Å². The molecule has 0 spiro atoms. The fourth-order valence-corrected chi connectivity index (χ4v) is 2.23. The first-order valence-corrected chi connectivity index (χ1v) is 7.62. The molecule has 2 N–H and O–H groups in total. The van der Waals surface area contributed by atoms with Gasteiger partial charge in [0.15, 0.2) is 0 Å². The molecule has 0 amide bonds. The van der Waals surface area contributed by atoms with Crippen LogP contribution in [0.15, 0.2) is 53.5 Å². The monoisotopic (exact) mass is 300 g/mol. The lowest BCUT2D eigenvalue weighted by atomic mass is 10.2. The first-order chi connectivity index (χ1) is 10.7. The van der Waals surface area contributed by atoms with Gasteiger partial charge in [0.05, 0.1) is 6.61 Å². The molecule has 1 aliphatic heterocycles. The molecule has 1 saturated heterocycles. The Morgan fingerprint density at radius 2 is 2.14 bits per heavy atom. The van der Waals surface area contributed by atoms with Crippen molar-refractivity contribution in [3.63, 3.8) is 0 Å². The Bertz CT molecular complexity index is 581. The molecule has 1 heterocycles. The van der Waals surface area contributed by atoms with Crippen LogP contribution in [-0.4, -0.2) is 37.9 Å². The summed E-state index contributed by atoms with van der Waals surface area (Å²) < 4.78 is 5.80. The zero-order valence-corrected chi connectivity index (χ0v) is 13.3. The van der Waals surface area contributed by atoms with Gasteiger partial charge < -0.3 is 20.1 Å². The number of aliphatic hydroxyl groups is 1. The third-order valence-corrected chi connectivity index (χ3v) is 3.47. The Kier molecular flexibility index (Phi) is 6.28. The van der Waals surface area contributed by atoms with E-state index >= 15 is 0 Å². The number of nitrogens with one attached hydrogen (secondary N) is 1. The van der Waals surface area contributed by atoms with E-state index in [1.54, 1.807) is 6.08 Å². The van der Waals surface area contributed by atoms with Gasteiger partial charge in [-0.25, -0.2) is 0 Å². The Hall–Kier alpha value is -2.00. The smallest absolute Gasteiger partial charge is 0.143 e. The highest BCUT2D eigenvalue weighted by Crippen LogP contribution is 2.22. The minimum atomic E-state index is 0.0603. The van der Waals surface area contributed by atoms with Gasteiger partial charge >= 0.3 is 0 Å². The van der Waals surface area contributed by atoms with Crippen molar-refractivity contribution >= 4 is 5.69 Å². The van der Waals surface area contributed by atoms with Crippen LogP contribution in [0.2, 0.25) is 0 Å². The molecule has 1 aliphatic rings. The number of hydrogen-bond acceptors (Lipinski definition) is 4. The van der Waals surface area contributed by atoms with Crippen LogP contribution in [0.25, 0.3) is 0 Å². The summed E-state index contributed by atoms with van der Waals surface area (Å²) in [6.45, 7) is 7.87. The molecule has 0 unspecified atom stereocenters. The van der Waals surface area contributed by atoms with E-state index in [2.05, 4.69) is 28.1 Å². The third-order valence-electron chi connectivity index (χ3n) is 3.47. The highest BCUT2D eigenvalue weighted by molar-refractivity contribution is 5.51. The number of rotatable bonds is 5. The van der Waals surface area contributed by atoms with Crippen molar-refractivity contribution in [2.24, 2.45) is 0 Å². The Balaban J connectivity index is 2.05. The second-order valence-electron chi connectivity index (χ2n) is 5.37. The normalized spacial score (nSPS) is 15.2. The molecule has 0 saturated carbocycles. The van der Waals surface area contributed by atoms with Gasteiger partial charge in [-0.05, 0) is 30.7 Å². The Labute approximate surface area is 132 Å². The fraction of sp³-hybridized carbons (Fsp3) is 0.389. The zero-order valence-electron chi connectivity index (χ0n) is 13.3. The molecule has 1 aromatic carbocycles. The number of piperazine rings is 1. The molecular formula is C18H24N2O2. The molecule has 0 aliphatic carbocycles. The number of benzene rings is 1. The SMILES string of the molecule is CC(=C=C/C=C(\C)CO)Oc1cccc(N2CCNCC2)c1. The van der Waals surface area contributed by atoms with Crippen molar-refractivity contribution in [3.8, 4) is 5.75 Å². The van der Waals surface area contributed by atoms with E-state index in [0.717, 1.165) is 37.5 Å². The number of hydrogen-bond donors (Lipinski definition) is 2. The number of ether oxygens (including phenoxy) is 1. The predicted molar refractivity (Wildman–Crippen MR) is 90.3 cm³/mol. The van der Waals surface area contributed by atoms with Crippen molar-refractivity contribution in [1.82, 2.24) is 5.32 Å². The van der Waals surface area contributed by atoms with E-state index in [1.165, 1.54) is 5.69 Å². The van der Waals surface area contributed by atoms with Crippen molar-refractivity contribution in [3.05, 3.63) is 53.5 Å². The molecule has 0 atom stereocenters. The average molecular weight is 300 g/mol. The minimum Gasteiger partial charge on any atom is -0.454 e. The van der Waals surface area contributed by atoms with Gasteiger partial charge in [-0.1, -0.05) is 17.9 Å². The number of aliphatic hydroxyl groups excluding tert-OH is 1. The summed E-state index contributed by atoms with van der Waals surface area (Å²) >= 11 is 0. The summed E-state index contributed by atoms with van der Waals surface area (Å²) in [7, 11) is 0. The first-order valence-electron chi connectivity index (χ1n) is 7.62. The average Bonchev–Trinajstić information content (AvgIpc) is 2.55. The summed E-state index contributed by atoms with van der Waals surface area (Å²) in [5.41, 5.74) is 5.13. The van der Waals surface area contributed by atoms with Gasteiger partial charge in [-0.2, -0.15) is 0 Å². The van der Waals surface area contributed by atoms with Gasteiger partial charge in [0.25, 0.3) is 0 Å². The number of anilines is 1. The molecule has 118 valence electrons. The lowest BCUT2D eigenvalue weighted by Gasteiger charge is -2.29. The lowest BCUT2D eigenvalue weighted by molar-refractivity contribution is 0.331. The van der Waals surface area contributed by atoms with Crippen LogP contribution in [-0.2, 0) is 0 Å². The summed E-state index contributed by atoms with van der Waals surface area (Å²) in [6.07, 6.45) is 3.59. The molecule has 4 heteroatoms. The number of allylic oxidation sites excluding steroid dienone is 2. The Morgan fingerprint density at radius 3 is 2.86 bits per heavy atom. The summed E-state index contributed by atoms with van der Waals surface area (Å²) in [6, 6.07) is 8.14. The molecular weight excluding hydrogens is 276 g/mol. The van der Waals surface area contributed by atoms with E-state index in [-0.39, 0.29) is 6.61 Å². The minimum absolute atomic E-state index is 0.0603. The van der Waals surface area contributed by atoms with Crippen molar-refractivity contribution < 1.29 is 9.84 Å². The molecule has 0 bridgehead atoms. The van der Waals surface area contributed by atoms with Crippen LogP contribution >= 0.6 is 0 Å². The van der Waals surface area contributed by atoms with Crippen molar-refractivity contribution in [2.45, 2.75) is 13.8 Å². The second kappa shape index (κ2) is 8.44. The van der Waals surface area contributed by atoms with E-state index < -0.39 is 0 Å². The van der Waals surface area contributed by atoms with Crippen LogP contribution in [0.4, 0.5) is 5.69 Å². The van der Waals surface area contributed by atoms with Gasteiger partial charge in [0, 0.05) is 44.9 Å². The highest BCUT2D eigenvalue weighted by Gasteiger charge is 2.10. The van der Waals surface area contributed by atoms with Crippen LogP contribution in [0.5, 0.6) is 5.75 Å². The van der Waals surface area contributed by atoms with E-state index in [4.69, 9.17) is 9.84 Å². The summed E-state index contributed by atoms with van der Waals surface area (Å²) in [5.74, 6) is 1.51. The second-order valence-corrected chi connectivity index (χ2v) is 5.37. The van der Waals surface area contributed by atoms with Gasteiger partial charge in [-0.3, -0.25) is 0 Å². The molecule has 4 nitrogen and oxygen atoms in total. The maximum Gasteiger partial charge on any atom is 0.143 e. The molecule has 22 heavy (non-hydrogen) atoms. The maximum atomic E-state index is 8.93. The third kappa shape index (κ3) is 5.08. The maximum absolute atomic E-state index is 8.93. The lowest BCUT2D eigenvalue weighted by Crippen LogP contribution is -2.43. The van der Waals surface area contributed by atoms with Gasteiger partial charge in [-0.15, -0.1) is 0 Å². The van der Waals surface area contributed by atoms with Crippen LogP contribution in [0.3, 0.4) is 0 Å². The van der Waals surface area contributed by atoms with E-state index in [1.807, 2.05) is 32.1 Å². The van der Waals surface area contributed by atoms with Crippen LogP contribution < -0.4 is 15.0 Å². The topological polar surface area (TPSA) is 44.7 Å². The van der Waals surface area contributed by atoms with E-state index in [9.17, 15) is 0 Å². The quantitative estimate of drug-likeness (QED) is 0.498. The number of nitrogens with zero attached hydrogens (tertiary/aromatic N) is 1. The standard InChI is InChI=1S/C18H24N2O2/c1-15(14-21)5-3-6-16(2)22-18-8-4-7-17(13-18)20-11-9-19-10-12-20/h3-5,7-8,13,19,21H,9-12,14H2,1-2H3/b15-5+. The largest absolute Gasteiger partial charge is 0.454 e. The Morgan fingerprint density at radius 1 is 1.36 bits per heavy atom. The fourth-order valence-electron chi connectivity index (χ4n) is 2.23. The van der Waals surface area contributed by atoms with E-state index in [0.29, 0.717) is 5.76 Å². The highest BCUT2D eigenvalue weighted by atomic mass is 16.5. The summed E-state index contributed by atoms with van der Waals surface area (Å²) in [5, 5.41) is 12.3. The van der Waals surface area contributed by atoms with Crippen molar-refractivity contribution in [2.75, 3.05) is 37.7 Å². The van der Waals surface area contributed by atoms with Crippen LogP contribution in [0.1, 0.15) is 13.8 Å². The van der Waals surface area contributed by atoms with Gasteiger partial charge in [0.2, 0.25) is 0 Å². The molecule has 0 aromatic heterocycles. The summed E-state index contributed by atoms with van der Waals surface area (Å²) in [4.78, 5) is 2.35. The van der Waals surface area contributed by atoms with Gasteiger partial charge in [0.1, 0.15) is 11.5 Å². The molecule has 0 radical (unpaired) electrons. The molecule has 1 fully saturated rings. The molecule has 2 rings (SSSR count). The zero-order chi connectivity index (χ0) is 15.8. The van der Waals surface area contributed by atoms with Crippen LogP contribution in [0, 0.1) is 0 Å². The predicted octanol–water partition coefficient (Wildman–Crippen LogP) is 2.47.